The van der Waals surface area contributed by atoms with E-state index in [0.717, 1.165) is 27.1 Å². The molecule has 1 aromatic heterocycles. The van der Waals surface area contributed by atoms with E-state index in [1.54, 1.807) is 6.07 Å². The molecule has 3 rings (SSSR count). The predicted molar refractivity (Wildman–Crippen MR) is 90.1 cm³/mol. The second-order valence-electron chi connectivity index (χ2n) is 5.45. The van der Waals surface area contributed by atoms with Crippen molar-refractivity contribution in [3.05, 3.63) is 64.8 Å². The number of carbonyl (C=O) groups is 1. The zero-order chi connectivity index (χ0) is 18.0. The Morgan fingerprint density at radius 3 is 2.68 bits per heavy atom. The topological polar surface area (TPSA) is 38.3 Å². The summed E-state index contributed by atoms with van der Waals surface area (Å²) in [5, 5.41) is 3.48. The molecule has 7 heteroatoms. The molecule has 1 N–H and O–H groups in total. The summed E-state index contributed by atoms with van der Waals surface area (Å²) >= 11 is 1.45. The smallest absolute Gasteiger partial charge is 0.261 e. The maximum absolute atomic E-state index is 13.2. The van der Waals surface area contributed by atoms with Gasteiger partial charge in [-0.05, 0) is 48.7 Å². The fraction of sp³-hybridized carbons (Fsp3) is 0.167. The molecule has 0 aliphatic carbocycles. The van der Waals surface area contributed by atoms with Crippen LogP contribution in [0.2, 0.25) is 0 Å². The van der Waals surface area contributed by atoms with Crippen molar-refractivity contribution in [2.45, 2.75) is 19.6 Å². The van der Waals surface area contributed by atoms with Crippen molar-refractivity contribution in [3.63, 3.8) is 0 Å². The largest absolute Gasteiger partial charge is 0.481 e. The SMILES string of the molecule is CC(Oc1ccc(F)c(F)c1)C(=O)NCc1cc2cc(F)ccc2s1. The molecule has 0 radical (unpaired) electrons. The van der Waals surface area contributed by atoms with Gasteiger partial charge in [0.25, 0.3) is 5.91 Å². The summed E-state index contributed by atoms with van der Waals surface area (Å²) < 4.78 is 45.5. The highest BCUT2D eigenvalue weighted by Gasteiger charge is 2.16. The molecule has 0 aliphatic heterocycles. The summed E-state index contributed by atoms with van der Waals surface area (Å²) in [4.78, 5) is 13.0. The van der Waals surface area contributed by atoms with Gasteiger partial charge in [-0.1, -0.05) is 0 Å². The van der Waals surface area contributed by atoms with Crippen molar-refractivity contribution in [2.24, 2.45) is 0 Å². The second kappa shape index (κ2) is 7.14. The van der Waals surface area contributed by atoms with Gasteiger partial charge in [0, 0.05) is 15.6 Å². The Balaban J connectivity index is 1.59. The van der Waals surface area contributed by atoms with Crippen LogP contribution in [-0.4, -0.2) is 12.0 Å². The molecule has 0 saturated carbocycles. The second-order valence-corrected chi connectivity index (χ2v) is 6.62. The third kappa shape index (κ3) is 4.11. The van der Waals surface area contributed by atoms with Gasteiger partial charge in [-0.2, -0.15) is 0 Å². The summed E-state index contributed by atoms with van der Waals surface area (Å²) in [5.74, 6) is -2.66. The van der Waals surface area contributed by atoms with Gasteiger partial charge < -0.3 is 10.1 Å². The average molecular weight is 365 g/mol. The lowest BCUT2D eigenvalue weighted by Crippen LogP contribution is -2.35. The van der Waals surface area contributed by atoms with E-state index in [0.29, 0.717) is 0 Å². The molecule has 1 unspecified atom stereocenters. The minimum atomic E-state index is -1.04. The lowest BCUT2D eigenvalue weighted by molar-refractivity contribution is -0.127. The van der Waals surface area contributed by atoms with Crippen molar-refractivity contribution in [2.75, 3.05) is 0 Å². The van der Waals surface area contributed by atoms with Crippen LogP contribution in [0, 0.1) is 17.5 Å². The number of ether oxygens (including phenoxy) is 1. The van der Waals surface area contributed by atoms with Crippen LogP contribution < -0.4 is 10.1 Å². The lowest BCUT2D eigenvalue weighted by Gasteiger charge is -2.14. The number of hydrogen-bond donors (Lipinski definition) is 1. The Hall–Kier alpha value is -2.54. The average Bonchev–Trinajstić information content (AvgIpc) is 2.97. The highest BCUT2D eigenvalue weighted by molar-refractivity contribution is 7.19. The van der Waals surface area contributed by atoms with E-state index < -0.39 is 23.6 Å². The Labute approximate surface area is 146 Å². The normalized spacial score (nSPS) is 12.2. The number of thiophene rings is 1. The fourth-order valence-corrected chi connectivity index (χ4v) is 3.27. The summed E-state index contributed by atoms with van der Waals surface area (Å²) in [6.45, 7) is 1.78. The highest BCUT2D eigenvalue weighted by Crippen LogP contribution is 2.26. The maximum atomic E-state index is 13.2. The lowest BCUT2D eigenvalue weighted by atomic mass is 10.2. The first-order valence-electron chi connectivity index (χ1n) is 7.50. The van der Waals surface area contributed by atoms with Crippen molar-refractivity contribution >= 4 is 27.3 Å². The van der Waals surface area contributed by atoms with E-state index in [1.807, 2.05) is 6.07 Å². The molecular formula is C18H14F3NO2S. The third-order valence-electron chi connectivity index (χ3n) is 3.54. The van der Waals surface area contributed by atoms with Gasteiger partial charge in [0.15, 0.2) is 17.7 Å². The molecule has 0 spiro atoms. The van der Waals surface area contributed by atoms with Gasteiger partial charge in [-0.15, -0.1) is 11.3 Å². The molecule has 3 nitrogen and oxygen atoms in total. The number of rotatable bonds is 5. The quantitative estimate of drug-likeness (QED) is 0.728. The Kier molecular flexibility index (Phi) is 4.94. The van der Waals surface area contributed by atoms with Crippen LogP contribution in [0.1, 0.15) is 11.8 Å². The first-order chi connectivity index (χ1) is 11.9. The fourth-order valence-electron chi connectivity index (χ4n) is 2.28. The van der Waals surface area contributed by atoms with Gasteiger partial charge in [-0.3, -0.25) is 4.79 Å². The van der Waals surface area contributed by atoms with Crippen LogP contribution in [0.25, 0.3) is 10.1 Å². The van der Waals surface area contributed by atoms with E-state index in [2.05, 4.69) is 5.32 Å². The molecule has 0 fully saturated rings. The number of benzene rings is 2. The van der Waals surface area contributed by atoms with E-state index in [9.17, 15) is 18.0 Å². The predicted octanol–water partition coefficient (Wildman–Crippen LogP) is 4.40. The monoisotopic (exact) mass is 365 g/mol. The molecule has 1 amide bonds. The molecule has 0 bridgehead atoms. The minimum Gasteiger partial charge on any atom is -0.481 e. The van der Waals surface area contributed by atoms with Crippen LogP contribution in [-0.2, 0) is 11.3 Å². The van der Waals surface area contributed by atoms with Crippen molar-refractivity contribution in [1.29, 1.82) is 0 Å². The highest BCUT2D eigenvalue weighted by atomic mass is 32.1. The van der Waals surface area contributed by atoms with Gasteiger partial charge in [-0.25, -0.2) is 13.2 Å². The molecule has 3 aromatic rings. The number of halogens is 3. The van der Waals surface area contributed by atoms with Crippen LogP contribution in [0.15, 0.2) is 42.5 Å². The van der Waals surface area contributed by atoms with Gasteiger partial charge in [0.05, 0.1) is 6.54 Å². The summed E-state index contributed by atoms with van der Waals surface area (Å²) in [6.07, 6.45) is -0.878. The number of carbonyl (C=O) groups excluding carboxylic acids is 1. The maximum Gasteiger partial charge on any atom is 0.261 e. The van der Waals surface area contributed by atoms with Crippen LogP contribution >= 0.6 is 11.3 Å². The summed E-state index contributed by atoms with van der Waals surface area (Å²) in [6, 6.07) is 9.40. The van der Waals surface area contributed by atoms with Gasteiger partial charge in [0.1, 0.15) is 11.6 Å². The molecule has 1 heterocycles. The molecule has 0 saturated heterocycles. The van der Waals surface area contributed by atoms with Crippen LogP contribution in [0.3, 0.4) is 0 Å². The zero-order valence-corrected chi connectivity index (χ0v) is 14.0. The van der Waals surface area contributed by atoms with Gasteiger partial charge >= 0.3 is 0 Å². The molecular weight excluding hydrogens is 351 g/mol. The summed E-state index contributed by atoms with van der Waals surface area (Å²) in [7, 11) is 0. The standard InChI is InChI=1S/C18H14F3NO2S/c1-10(24-13-3-4-15(20)16(21)8-13)18(23)22-9-14-7-11-6-12(19)2-5-17(11)25-14/h2-8,10H,9H2,1H3,(H,22,23). The van der Waals surface area contributed by atoms with E-state index in [4.69, 9.17) is 4.74 Å². The molecule has 2 aromatic carbocycles. The molecule has 25 heavy (non-hydrogen) atoms. The van der Waals surface area contributed by atoms with E-state index in [1.165, 1.54) is 36.5 Å². The Morgan fingerprint density at radius 1 is 1.12 bits per heavy atom. The van der Waals surface area contributed by atoms with Crippen LogP contribution in [0.5, 0.6) is 5.75 Å². The first-order valence-corrected chi connectivity index (χ1v) is 8.31. The minimum absolute atomic E-state index is 0.0684. The third-order valence-corrected chi connectivity index (χ3v) is 4.66. The molecule has 1 atom stereocenters. The first kappa shape index (κ1) is 17.3. The number of fused-ring (bicyclic) bond motifs is 1. The van der Waals surface area contributed by atoms with E-state index >= 15 is 0 Å². The Bertz CT molecular complexity index is 926. The van der Waals surface area contributed by atoms with Gasteiger partial charge in [0.2, 0.25) is 0 Å². The van der Waals surface area contributed by atoms with Crippen molar-refractivity contribution < 1.29 is 22.7 Å². The van der Waals surface area contributed by atoms with Crippen LogP contribution in [0.4, 0.5) is 13.2 Å². The van der Waals surface area contributed by atoms with Crippen molar-refractivity contribution in [1.82, 2.24) is 5.32 Å². The van der Waals surface area contributed by atoms with E-state index in [-0.39, 0.29) is 18.1 Å². The summed E-state index contributed by atoms with van der Waals surface area (Å²) in [5.41, 5.74) is 0. The van der Waals surface area contributed by atoms with Crippen molar-refractivity contribution in [3.8, 4) is 5.75 Å². The number of amides is 1. The Morgan fingerprint density at radius 2 is 1.92 bits per heavy atom. The number of nitrogens with one attached hydrogen (secondary N) is 1. The number of hydrogen-bond acceptors (Lipinski definition) is 3. The molecule has 0 aliphatic rings. The molecule has 130 valence electrons. The zero-order valence-electron chi connectivity index (χ0n) is 13.2.